The summed E-state index contributed by atoms with van der Waals surface area (Å²) in [6.07, 6.45) is 0. The predicted molar refractivity (Wildman–Crippen MR) is 57.9 cm³/mol. The van der Waals surface area contributed by atoms with Gasteiger partial charge in [-0.25, -0.2) is 0 Å². The number of hydrogen-bond acceptors (Lipinski definition) is 3. The van der Waals surface area contributed by atoms with Gasteiger partial charge in [0.25, 0.3) is 0 Å². The van der Waals surface area contributed by atoms with Gasteiger partial charge >= 0.3 is 0 Å². The fourth-order valence-electron chi connectivity index (χ4n) is 1.42. The number of hydrogen-bond donors (Lipinski definition) is 1. The Bertz CT molecular complexity index is 419. The van der Waals surface area contributed by atoms with Crippen LogP contribution >= 0.6 is 15.9 Å². The van der Waals surface area contributed by atoms with Crippen molar-refractivity contribution in [2.45, 2.75) is 12.8 Å². The Morgan fingerprint density at radius 3 is 2.67 bits per heavy atom. The summed E-state index contributed by atoms with van der Waals surface area (Å²) in [7, 11) is 0. The third-order valence-corrected chi connectivity index (χ3v) is 3.07. The number of carbonyl (C=O) groups is 1. The number of rotatable bonds is 2. The number of primary amides is 1. The molecule has 0 aromatic heterocycles. The highest BCUT2D eigenvalue weighted by Crippen LogP contribution is 2.39. The second-order valence-electron chi connectivity index (χ2n) is 3.35. The zero-order valence-corrected chi connectivity index (χ0v) is 9.71. The van der Waals surface area contributed by atoms with Crippen LogP contribution in [0.2, 0.25) is 0 Å². The van der Waals surface area contributed by atoms with Crippen LogP contribution in [0.4, 0.5) is 0 Å². The molecule has 1 amide bonds. The Kier molecular flexibility index (Phi) is 2.56. The van der Waals surface area contributed by atoms with Crippen LogP contribution in [-0.4, -0.2) is 12.7 Å². The van der Waals surface area contributed by atoms with Crippen molar-refractivity contribution in [2.24, 2.45) is 5.73 Å². The first-order valence-electron chi connectivity index (χ1n) is 4.48. The average molecular weight is 272 g/mol. The van der Waals surface area contributed by atoms with Crippen molar-refractivity contribution in [1.29, 1.82) is 0 Å². The van der Waals surface area contributed by atoms with E-state index < -0.39 is 0 Å². The topological polar surface area (TPSA) is 61.6 Å². The first-order chi connectivity index (χ1) is 7.09. The maximum absolute atomic E-state index is 11.1. The Morgan fingerprint density at radius 2 is 2.07 bits per heavy atom. The number of nitrogens with two attached hydrogens (primary N) is 1. The van der Waals surface area contributed by atoms with Gasteiger partial charge in [-0.1, -0.05) is 15.9 Å². The zero-order chi connectivity index (χ0) is 11.0. The standard InChI is InChI=1S/C10H10BrNO3/c1-5(10(12)13)6-2-8-9(3-7(6)11)15-4-14-8/h2-3,5H,4H2,1H3,(H2,12,13). The maximum atomic E-state index is 11.1. The molecule has 1 aliphatic heterocycles. The molecule has 1 aliphatic rings. The maximum Gasteiger partial charge on any atom is 0.231 e. The number of ether oxygens (including phenoxy) is 2. The van der Waals surface area contributed by atoms with Crippen LogP contribution in [0.3, 0.4) is 0 Å². The summed E-state index contributed by atoms with van der Waals surface area (Å²) in [5, 5.41) is 0. The van der Waals surface area contributed by atoms with Crippen molar-refractivity contribution in [3.8, 4) is 11.5 Å². The molecule has 2 N–H and O–H groups in total. The molecular formula is C10H10BrNO3. The van der Waals surface area contributed by atoms with Gasteiger partial charge in [-0.2, -0.15) is 0 Å². The first kappa shape index (κ1) is 10.3. The molecule has 1 atom stereocenters. The Labute approximate surface area is 95.5 Å². The van der Waals surface area contributed by atoms with Crippen molar-refractivity contribution in [3.63, 3.8) is 0 Å². The minimum absolute atomic E-state index is 0.218. The summed E-state index contributed by atoms with van der Waals surface area (Å²) in [6, 6.07) is 3.57. The van der Waals surface area contributed by atoms with E-state index in [0.717, 1.165) is 10.0 Å². The van der Waals surface area contributed by atoms with Crippen LogP contribution < -0.4 is 15.2 Å². The number of fused-ring (bicyclic) bond motifs is 1. The van der Waals surface area contributed by atoms with Crippen LogP contribution in [0, 0.1) is 0 Å². The fourth-order valence-corrected chi connectivity index (χ4v) is 2.08. The van der Waals surface area contributed by atoms with E-state index in [4.69, 9.17) is 15.2 Å². The summed E-state index contributed by atoms with van der Waals surface area (Å²) in [5.74, 6) is 0.618. The second-order valence-corrected chi connectivity index (χ2v) is 4.21. The summed E-state index contributed by atoms with van der Waals surface area (Å²) in [4.78, 5) is 11.1. The summed E-state index contributed by atoms with van der Waals surface area (Å²) in [6.45, 7) is 1.97. The van der Waals surface area contributed by atoms with Crippen molar-refractivity contribution in [3.05, 3.63) is 22.2 Å². The molecule has 0 fully saturated rings. The number of benzene rings is 1. The van der Waals surface area contributed by atoms with E-state index in [1.54, 1.807) is 19.1 Å². The van der Waals surface area contributed by atoms with E-state index in [1.807, 2.05) is 0 Å². The SMILES string of the molecule is CC(C(N)=O)c1cc2c(cc1Br)OCO2. The molecule has 0 saturated carbocycles. The first-order valence-corrected chi connectivity index (χ1v) is 5.27. The van der Waals surface area contributed by atoms with Crippen LogP contribution in [-0.2, 0) is 4.79 Å². The molecule has 0 bridgehead atoms. The number of carbonyl (C=O) groups excluding carboxylic acids is 1. The van der Waals surface area contributed by atoms with Crippen molar-refractivity contribution < 1.29 is 14.3 Å². The Morgan fingerprint density at radius 1 is 1.47 bits per heavy atom. The molecule has 1 aromatic carbocycles. The van der Waals surface area contributed by atoms with E-state index in [9.17, 15) is 4.79 Å². The van der Waals surface area contributed by atoms with Gasteiger partial charge in [0.05, 0.1) is 5.92 Å². The molecule has 15 heavy (non-hydrogen) atoms. The molecule has 4 nitrogen and oxygen atoms in total. The van der Waals surface area contributed by atoms with E-state index in [0.29, 0.717) is 11.5 Å². The minimum Gasteiger partial charge on any atom is -0.454 e. The lowest BCUT2D eigenvalue weighted by Crippen LogP contribution is -2.19. The smallest absolute Gasteiger partial charge is 0.231 e. The van der Waals surface area contributed by atoms with E-state index >= 15 is 0 Å². The highest BCUT2D eigenvalue weighted by Gasteiger charge is 2.21. The van der Waals surface area contributed by atoms with E-state index in [1.165, 1.54) is 0 Å². The van der Waals surface area contributed by atoms with Crippen LogP contribution in [0.25, 0.3) is 0 Å². The quantitative estimate of drug-likeness (QED) is 0.892. The molecular weight excluding hydrogens is 262 g/mol. The fraction of sp³-hybridized carbons (Fsp3) is 0.300. The molecule has 2 rings (SSSR count). The van der Waals surface area contributed by atoms with Crippen molar-refractivity contribution in [1.82, 2.24) is 0 Å². The molecule has 0 radical (unpaired) electrons. The predicted octanol–water partition coefficient (Wildman–Crippen LogP) is 1.77. The van der Waals surface area contributed by atoms with Gasteiger partial charge in [-0.05, 0) is 24.6 Å². The lowest BCUT2D eigenvalue weighted by Gasteiger charge is -2.10. The third-order valence-electron chi connectivity index (χ3n) is 2.39. The van der Waals surface area contributed by atoms with Crippen molar-refractivity contribution in [2.75, 3.05) is 6.79 Å². The molecule has 0 aliphatic carbocycles. The minimum atomic E-state index is -0.366. The summed E-state index contributed by atoms with van der Waals surface area (Å²) >= 11 is 3.38. The van der Waals surface area contributed by atoms with E-state index in [2.05, 4.69) is 15.9 Å². The highest BCUT2D eigenvalue weighted by atomic mass is 79.9. The van der Waals surface area contributed by atoms with Gasteiger partial charge in [-0.3, -0.25) is 4.79 Å². The second kappa shape index (κ2) is 3.73. The van der Waals surface area contributed by atoms with Gasteiger partial charge in [0.2, 0.25) is 12.7 Å². The largest absolute Gasteiger partial charge is 0.454 e. The highest BCUT2D eigenvalue weighted by molar-refractivity contribution is 9.10. The molecule has 80 valence electrons. The molecule has 5 heteroatoms. The van der Waals surface area contributed by atoms with Gasteiger partial charge in [-0.15, -0.1) is 0 Å². The molecule has 0 spiro atoms. The van der Waals surface area contributed by atoms with Gasteiger partial charge < -0.3 is 15.2 Å². The van der Waals surface area contributed by atoms with Crippen LogP contribution in [0.5, 0.6) is 11.5 Å². The van der Waals surface area contributed by atoms with Crippen LogP contribution in [0.15, 0.2) is 16.6 Å². The number of halogens is 1. The monoisotopic (exact) mass is 271 g/mol. The van der Waals surface area contributed by atoms with E-state index in [-0.39, 0.29) is 18.6 Å². The number of amides is 1. The lowest BCUT2D eigenvalue weighted by atomic mass is 10.0. The van der Waals surface area contributed by atoms with Crippen LogP contribution in [0.1, 0.15) is 18.4 Å². The molecule has 1 aromatic rings. The average Bonchev–Trinajstić information content (AvgIpc) is 2.62. The molecule has 0 saturated heterocycles. The molecule has 1 unspecified atom stereocenters. The lowest BCUT2D eigenvalue weighted by molar-refractivity contribution is -0.119. The van der Waals surface area contributed by atoms with Gasteiger partial charge in [0, 0.05) is 4.47 Å². The Balaban J connectivity index is 2.44. The zero-order valence-electron chi connectivity index (χ0n) is 8.12. The van der Waals surface area contributed by atoms with Gasteiger partial charge in [0.15, 0.2) is 11.5 Å². The van der Waals surface area contributed by atoms with Gasteiger partial charge in [0.1, 0.15) is 0 Å². The summed E-state index contributed by atoms with van der Waals surface area (Å²) in [5.41, 5.74) is 6.06. The normalized spacial score (nSPS) is 15.1. The Hall–Kier alpha value is -1.23. The molecule has 1 heterocycles. The third kappa shape index (κ3) is 1.79. The van der Waals surface area contributed by atoms with Crippen molar-refractivity contribution >= 4 is 21.8 Å². The summed E-state index contributed by atoms with van der Waals surface area (Å²) < 4.78 is 11.2.